The van der Waals surface area contributed by atoms with Gasteiger partial charge >= 0.3 is 5.97 Å². The first-order valence-electron chi connectivity index (χ1n) is 11.4. The molecule has 0 bridgehead atoms. The fourth-order valence-corrected chi connectivity index (χ4v) is 4.70. The van der Waals surface area contributed by atoms with Crippen molar-refractivity contribution in [3.05, 3.63) is 42.5 Å². The summed E-state index contributed by atoms with van der Waals surface area (Å²) in [6.45, 7) is 4.84. The van der Waals surface area contributed by atoms with Crippen molar-refractivity contribution in [2.24, 2.45) is 0 Å². The second-order valence-corrected chi connectivity index (χ2v) is 8.39. The molecule has 1 aliphatic heterocycles. The van der Waals surface area contributed by atoms with Gasteiger partial charge in [0.1, 0.15) is 5.75 Å². The predicted octanol–water partition coefficient (Wildman–Crippen LogP) is 4.54. The first kappa shape index (κ1) is 20.8. The lowest BCUT2D eigenvalue weighted by Crippen LogP contribution is -2.25. The summed E-state index contributed by atoms with van der Waals surface area (Å²) in [5.41, 5.74) is 2.57. The summed E-state index contributed by atoms with van der Waals surface area (Å²) in [7, 11) is 0. The molecule has 0 amide bonds. The van der Waals surface area contributed by atoms with Crippen molar-refractivity contribution in [1.29, 1.82) is 0 Å². The number of aromatic nitrogens is 2. The molecule has 0 radical (unpaired) electrons. The minimum absolute atomic E-state index is 0.127. The number of nitrogens with zero attached hydrogens (tertiary/aromatic N) is 3. The van der Waals surface area contributed by atoms with Crippen LogP contribution in [-0.4, -0.2) is 41.3 Å². The van der Waals surface area contributed by atoms with Gasteiger partial charge < -0.3 is 18.9 Å². The molecule has 1 unspecified atom stereocenters. The maximum absolute atomic E-state index is 11.9. The summed E-state index contributed by atoms with van der Waals surface area (Å²) in [6.07, 6.45) is 13.7. The molecule has 2 heterocycles. The lowest BCUT2D eigenvalue weighted by molar-refractivity contribution is -0.142. The van der Waals surface area contributed by atoms with Crippen molar-refractivity contribution in [2.75, 3.05) is 24.6 Å². The number of imidazole rings is 1. The highest BCUT2D eigenvalue weighted by atomic mass is 16.5. The summed E-state index contributed by atoms with van der Waals surface area (Å²) in [5, 5.41) is 0. The van der Waals surface area contributed by atoms with E-state index in [2.05, 4.69) is 32.7 Å². The van der Waals surface area contributed by atoms with Gasteiger partial charge in [0.2, 0.25) is 0 Å². The molecule has 1 aliphatic carbocycles. The van der Waals surface area contributed by atoms with Crippen LogP contribution in [0.5, 0.6) is 5.75 Å². The minimum Gasteiger partial charge on any atom is -0.490 e. The molecule has 1 aromatic heterocycles. The molecule has 4 rings (SSSR count). The first-order valence-corrected chi connectivity index (χ1v) is 11.4. The topological polar surface area (TPSA) is 56.6 Å². The summed E-state index contributed by atoms with van der Waals surface area (Å²) < 4.78 is 13.6. The zero-order valence-corrected chi connectivity index (χ0v) is 18.0. The molecule has 162 valence electrons. The van der Waals surface area contributed by atoms with Crippen molar-refractivity contribution in [3.8, 4) is 5.75 Å². The number of hydrogen-bond donors (Lipinski definition) is 0. The maximum atomic E-state index is 11.9. The van der Waals surface area contributed by atoms with Crippen LogP contribution in [0.2, 0.25) is 0 Å². The Kier molecular flexibility index (Phi) is 6.92. The molecule has 2 aromatic rings. The molecule has 6 heteroatoms. The van der Waals surface area contributed by atoms with Crippen LogP contribution >= 0.6 is 0 Å². The van der Waals surface area contributed by atoms with Gasteiger partial charge in [0.05, 0.1) is 25.5 Å². The standard InChI is InChI=1S/C24H33N3O3/c1-2-29-24(28)11-14-27-17-19(10-13-26-15-12-25-18-26)22-16-21(8-9-23(22)27)30-20-6-4-3-5-7-20/h8-9,12,15-16,18-20H,2-7,10-11,13-14,17H2,1H3. The first-order chi connectivity index (χ1) is 14.7. The lowest BCUT2D eigenvalue weighted by atomic mass is 9.96. The van der Waals surface area contributed by atoms with Crippen molar-refractivity contribution < 1.29 is 14.3 Å². The molecule has 0 spiro atoms. The van der Waals surface area contributed by atoms with Gasteiger partial charge in [-0.1, -0.05) is 6.42 Å². The average Bonchev–Trinajstić information content (AvgIpc) is 3.39. The summed E-state index contributed by atoms with van der Waals surface area (Å²) in [5.74, 6) is 1.28. The Morgan fingerprint density at radius 1 is 1.20 bits per heavy atom. The van der Waals surface area contributed by atoms with Crippen LogP contribution in [0.15, 0.2) is 36.9 Å². The second-order valence-electron chi connectivity index (χ2n) is 8.39. The SMILES string of the molecule is CCOC(=O)CCN1CC(CCn2ccnc2)c2cc(OC3CCCCC3)ccc21. The summed E-state index contributed by atoms with van der Waals surface area (Å²) in [6, 6.07) is 6.52. The summed E-state index contributed by atoms with van der Waals surface area (Å²) >= 11 is 0. The van der Waals surface area contributed by atoms with E-state index >= 15 is 0 Å². The molecule has 2 aliphatic rings. The Hall–Kier alpha value is -2.50. The molecule has 0 N–H and O–H groups in total. The van der Waals surface area contributed by atoms with Gasteiger partial charge in [0.15, 0.2) is 0 Å². The van der Waals surface area contributed by atoms with E-state index in [1.807, 2.05) is 25.6 Å². The largest absolute Gasteiger partial charge is 0.490 e. The number of carbonyl (C=O) groups excluding carboxylic acids is 1. The zero-order chi connectivity index (χ0) is 20.8. The molecule has 6 nitrogen and oxygen atoms in total. The Morgan fingerprint density at radius 2 is 2.07 bits per heavy atom. The molecular formula is C24H33N3O3. The van der Waals surface area contributed by atoms with Gasteiger partial charge in [-0.15, -0.1) is 0 Å². The van der Waals surface area contributed by atoms with E-state index in [-0.39, 0.29) is 5.97 Å². The molecule has 30 heavy (non-hydrogen) atoms. The zero-order valence-electron chi connectivity index (χ0n) is 18.0. The van der Waals surface area contributed by atoms with E-state index in [9.17, 15) is 4.79 Å². The predicted molar refractivity (Wildman–Crippen MR) is 117 cm³/mol. The number of benzene rings is 1. The van der Waals surface area contributed by atoms with Gasteiger partial charge in [-0.25, -0.2) is 4.98 Å². The van der Waals surface area contributed by atoms with Gasteiger partial charge in [-0.2, -0.15) is 0 Å². The minimum atomic E-state index is -0.127. The monoisotopic (exact) mass is 411 g/mol. The molecule has 1 atom stereocenters. The third-order valence-electron chi connectivity index (χ3n) is 6.26. The smallest absolute Gasteiger partial charge is 0.307 e. The average molecular weight is 412 g/mol. The number of esters is 1. The second kappa shape index (κ2) is 10.0. The number of hydrogen-bond acceptors (Lipinski definition) is 5. The van der Waals surface area contributed by atoms with Crippen LogP contribution < -0.4 is 9.64 Å². The number of ether oxygens (including phenoxy) is 2. The van der Waals surface area contributed by atoms with E-state index in [0.29, 0.717) is 31.6 Å². The highest BCUT2D eigenvalue weighted by molar-refractivity contribution is 5.71. The number of fused-ring (bicyclic) bond motifs is 1. The van der Waals surface area contributed by atoms with E-state index in [0.717, 1.165) is 38.1 Å². The van der Waals surface area contributed by atoms with Gasteiger partial charge in [0.25, 0.3) is 0 Å². The Bertz CT molecular complexity index is 815. The van der Waals surface area contributed by atoms with Crippen molar-refractivity contribution in [3.63, 3.8) is 0 Å². The maximum Gasteiger partial charge on any atom is 0.307 e. The third-order valence-corrected chi connectivity index (χ3v) is 6.26. The van der Waals surface area contributed by atoms with Gasteiger partial charge in [-0.3, -0.25) is 4.79 Å². The third kappa shape index (κ3) is 5.15. The highest BCUT2D eigenvalue weighted by Gasteiger charge is 2.29. The molecule has 0 saturated heterocycles. The summed E-state index contributed by atoms with van der Waals surface area (Å²) in [4.78, 5) is 18.4. The van der Waals surface area contributed by atoms with E-state index in [1.54, 1.807) is 0 Å². The molecule has 1 fully saturated rings. The van der Waals surface area contributed by atoms with E-state index in [4.69, 9.17) is 9.47 Å². The van der Waals surface area contributed by atoms with Crippen LogP contribution in [-0.2, 0) is 16.1 Å². The fourth-order valence-electron chi connectivity index (χ4n) is 4.70. The highest BCUT2D eigenvalue weighted by Crippen LogP contribution is 2.41. The number of carbonyl (C=O) groups is 1. The Labute approximate surface area is 179 Å². The van der Waals surface area contributed by atoms with Crippen LogP contribution in [0.25, 0.3) is 0 Å². The molecule has 1 saturated carbocycles. The van der Waals surface area contributed by atoms with Crippen molar-refractivity contribution in [1.82, 2.24) is 9.55 Å². The number of rotatable bonds is 9. The Balaban J connectivity index is 1.47. The van der Waals surface area contributed by atoms with Crippen LogP contribution in [0.3, 0.4) is 0 Å². The Morgan fingerprint density at radius 3 is 2.83 bits per heavy atom. The van der Waals surface area contributed by atoms with Gasteiger partial charge in [0, 0.05) is 43.6 Å². The quantitative estimate of drug-likeness (QED) is 0.567. The number of aryl methyl sites for hydroxylation is 1. The van der Waals surface area contributed by atoms with Crippen molar-refractivity contribution in [2.45, 2.75) is 70.4 Å². The van der Waals surface area contributed by atoms with Gasteiger partial charge in [-0.05, 0) is 62.8 Å². The van der Waals surface area contributed by atoms with E-state index < -0.39 is 0 Å². The van der Waals surface area contributed by atoms with Crippen molar-refractivity contribution >= 4 is 11.7 Å². The van der Waals surface area contributed by atoms with Crippen LogP contribution in [0, 0.1) is 0 Å². The lowest BCUT2D eigenvalue weighted by Gasteiger charge is -2.24. The number of anilines is 1. The van der Waals surface area contributed by atoms with E-state index in [1.165, 1.54) is 30.5 Å². The molecule has 1 aromatic carbocycles. The van der Waals surface area contributed by atoms with Crippen LogP contribution in [0.1, 0.15) is 63.4 Å². The molecular weight excluding hydrogens is 378 g/mol. The fraction of sp³-hybridized carbons (Fsp3) is 0.583. The van der Waals surface area contributed by atoms with Crippen LogP contribution in [0.4, 0.5) is 5.69 Å². The normalized spacial score (nSPS) is 19.0.